The van der Waals surface area contributed by atoms with Crippen LogP contribution in [-0.4, -0.2) is 51.6 Å². The van der Waals surface area contributed by atoms with Gasteiger partial charge in [-0.25, -0.2) is 0 Å². The molecule has 1 aromatic heterocycles. The van der Waals surface area contributed by atoms with Crippen molar-refractivity contribution in [3.05, 3.63) is 60.4 Å². The Bertz CT molecular complexity index is 1100. The average molecular weight is 468 g/mol. The Morgan fingerprint density at radius 1 is 1.18 bits per heavy atom. The smallest absolute Gasteiger partial charge is 0.255 e. The van der Waals surface area contributed by atoms with Gasteiger partial charge in [-0.3, -0.25) is 9.59 Å². The summed E-state index contributed by atoms with van der Waals surface area (Å²) in [5.74, 6) is 0.448. The van der Waals surface area contributed by atoms with Crippen LogP contribution in [0.2, 0.25) is 0 Å². The van der Waals surface area contributed by atoms with E-state index in [0.717, 1.165) is 25.2 Å². The Labute approximate surface area is 195 Å². The zero-order chi connectivity index (χ0) is 23.0. The van der Waals surface area contributed by atoms with E-state index in [1.54, 1.807) is 47.3 Å². The first-order chi connectivity index (χ1) is 16.1. The van der Waals surface area contributed by atoms with Crippen LogP contribution in [0.15, 0.2) is 60.0 Å². The van der Waals surface area contributed by atoms with Gasteiger partial charge in [0.05, 0.1) is 11.9 Å². The molecule has 3 aromatic rings. The molecule has 33 heavy (non-hydrogen) atoms. The summed E-state index contributed by atoms with van der Waals surface area (Å²) in [4.78, 5) is 24.9. The molecule has 10 heteroatoms. The first kappa shape index (κ1) is 22.8. The number of carbonyl (C=O) groups excluding carboxylic acids is 2. The average Bonchev–Trinajstić information content (AvgIpc) is 3.49. The van der Waals surface area contributed by atoms with E-state index < -0.39 is 0 Å². The molecular formula is C23H25N5O4S. The Kier molecular flexibility index (Phi) is 7.59. The molecule has 2 N–H and O–H groups in total. The molecule has 0 radical (unpaired) electrons. The number of carbonyl (C=O) groups is 2. The largest absolute Gasteiger partial charge is 0.491 e. The van der Waals surface area contributed by atoms with Crippen molar-refractivity contribution >= 4 is 35.0 Å². The maximum Gasteiger partial charge on any atom is 0.255 e. The van der Waals surface area contributed by atoms with Crippen LogP contribution in [0, 0.1) is 0 Å². The van der Waals surface area contributed by atoms with Crippen molar-refractivity contribution in [1.29, 1.82) is 0 Å². The summed E-state index contributed by atoms with van der Waals surface area (Å²) in [6.07, 6.45) is 3.83. The van der Waals surface area contributed by atoms with Gasteiger partial charge in [-0.2, -0.15) is 0 Å². The number of hydrogen-bond donors (Lipinski definition) is 2. The van der Waals surface area contributed by atoms with Crippen LogP contribution in [0.1, 0.15) is 23.2 Å². The van der Waals surface area contributed by atoms with Gasteiger partial charge in [0.2, 0.25) is 5.91 Å². The fraction of sp³-hybridized carbons (Fsp3) is 0.304. The third kappa shape index (κ3) is 6.56. The normalized spacial score (nSPS) is 15.2. The molecule has 0 aliphatic carbocycles. The molecule has 9 nitrogen and oxygen atoms in total. The van der Waals surface area contributed by atoms with Gasteiger partial charge in [-0.1, -0.05) is 17.8 Å². The van der Waals surface area contributed by atoms with Crippen LogP contribution >= 0.6 is 11.8 Å². The number of amides is 2. The van der Waals surface area contributed by atoms with Gasteiger partial charge in [-0.05, 0) is 55.3 Å². The van der Waals surface area contributed by atoms with E-state index in [0.29, 0.717) is 28.7 Å². The molecule has 4 rings (SSSR count). The molecule has 1 atom stereocenters. The van der Waals surface area contributed by atoms with Crippen LogP contribution in [-0.2, 0) is 16.6 Å². The summed E-state index contributed by atoms with van der Waals surface area (Å²) < 4.78 is 13.0. The molecular weight excluding hydrogens is 442 g/mol. The minimum Gasteiger partial charge on any atom is -0.491 e. The Morgan fingerprint density at radius 3 is 2.76 bits per heavy atom. The van der Waals surface area contributed by atoms with Gasteiger partial charge < -0.3 is 24.7 Å². The van der Waals surface area contributed by atoms with Crippen LogP contribution < -0.4 is 15.4 Å². The first-order valence-corrected chi connectivity index (χ1v) is 11.6. The summed E-state index contributed by atoms with van der Waals surface area (Å²) in [6, 6.07) is 14.0. The Morgan fingerprint density at radius 2 is 2.03 bits per heavy atom. The number of anilines is 2. The number of rotatable bonds is 9. The molecule has 1 aliphatic heterocycles. The number of thioether (sulfide) groups is 1. The highest BCUT2D eigenvalue weighted by Gasteiger charge is 2.16. The fourth-order valence-corrected chi connectivity index (χ4v) is 3.96. The molecule has 1 saturated heterocycles. The van der Waals surface area contributed by atoms with Crippen molar-refractivity contribution in [1.82, 2.24) is 14.8 Å². The van der Waals surface area contributed by atoms with E-state index in [9.17, 15) is 9.59 Å². The highest BCUT2D eigenvalue weighted by Crippen LogP contribution is 2.20. The van der Waals surface area contributed by atoms with Crippen LogP contribution in [0.3, 0.4) is 0 Å². The quantitative estimate of drug-likeness (QED) is 0.465. The van der Waals surface area contributed by atoms with Crippen molar-refractivity contribution in [2.45, 2.75) is 24.1 Å². The van der Waals surface area contributed by atoms with Gasteiger partial charge in [0, 0.05) is 30.6 Å². The van der Waals surface area contributed by atoms with E-state index in [1.165, 1.54) is 11.8 Å². The zero-order valence-electron chi connectivity index (χ0n) is 18.2. The predicted octanol–water partition coefficient (Wildman–Crippen LogP) is 3.36. The first-order valence-electron chi connectivity index (χ1n) is 10.6. The topological polar surface area (TPSA) is 107 Å². The lowest BCUT2D eigenvalue weighted by molar-refractivity contribution is -0.113. The third-order valence-electron chi connectivity index (χ3n) is 4.98. The molecule has 1 fully saturated rings. The summed E-state index contributed by atoms with van der Waals surface area (Å²) >= 11 is 1.29. The molecule has 0 saturated carbocycles. The van der Waals surface area contributed by atoms with E-state index in [2.05, 4.69) is 20.8 Å². The van der Waals surface area contributed by atoms with E-state index >= 15 is 0 Å². The molecule has 0 bridgehead atoms. The molecule has 172 valence electrons. The van der Waals surface area contributed by atoms with Crippen molar-refractivity contribution in [3.8, 4) is 5.75 Å². The van der Waals surface area contributed by atoms with Crippen LogP contribution in [0.5, 0.6) is 5.75 Å². The second kappa shape index (κ2) is 11.0. The maximum absolute atomic E-state index is 12.7. The fourth-order valence-electron chi connectivity index (χ4n) is 3.27. The number of benzene rings is 2. The minimum atomic E-state index is -0.271. The molecule has 2 aromatic carbocycles. The summed E-state index contributed by atoms with van der Waals surface area (Å²) in [7, 11) is 1.81. The lowest BCUT2D eigenvalue weighted by Gasteiger charge is -2.12. The van der Waals surface area contributed by atoms with Crippen LogP contribution in [0.4, 0.5) is 11.4 Å². The van der Waals surface area contributed by atoms with Gasteiger partial charge in [0.25, 0.3) is 5.91 Å². The second-order valence-corrected chi connectivity index (χ2v) is 8.51. The van der Waals surface area contributed by atoms with E-state index in [4.69, 9.17) is 9.47 Å². The number of nitrogens with zero attached hydrogens (tertiary/aromatic N) is 3. The lowest BCUT2D eigenvalue weighted by atomic mass is 10.2. The highest BCUT2D eigenvalue weighted by atomic mass is 32.2. The summed E-state index contributed by atoms with van der Waals surface area (Å²) in [6.45, 7) is 1.33. The zero-order valence-corrected chi connectivity index (χ0v) is 19.0. The van der Waals surface area contributed by atoms with Crippen molar-refractivity contribution in [2.75, 3.05) is 29.6 Å². The van der Waals surface area contributed by atoms with Crippen molar-refractivity contribution in [3.63, 3.8) is 0 Å². The second-order valence-electron chi connectivity index (χ2n) is 7.57. The summed E-state index contributed by atoms with van der Waals surface area (Å²) in [5, 5.41) is 14.0. The number of aryl methyl sites for hydroxylation is 1. The molecule has 1 unspecified atom stereocenters. The molecule has 0 spiro atoms. The van der Waals surface area contributed by atoms with E-state index in [-0.39, 0.29) is 23.7 Å². The van der Waals surface area contributed by atoms with Gasteiger partial charge in [-0.15, -0.1) is 10.2 Å². The molecule has 1 aliphatic rings. The van der Waals surface area contributed by atoms with Gasteiger partial charge >= 0.3 is 0 Å². The summed E-state index contributed by atoms with van der Waals surface area (Å²) in [5.41, 5.74) is 1.63. The minimum absolute atomic E-state index is 0.155. The lowest BCUT2D eigenvalue weighted by Crippen LogP contribution is -2.16. The Balaban J connectivity index is 1.28. The third-order valence-corrected chi connectivity index (χ3v) is 6.02. The standard InChI is InChI=1S/C23H25N5O4S/c1-28-15-24-27-23(28)33-14-21(29)25-18-5-2-4-16(12-18)22(30)26-17-7-9-19(10-8-17)32-13-20-6-3-11-31-20/h2,4-5,7-10,12,15,20H,3,6,11,13-14H2,1H3,(H,25,29)(H,26,30). The Hall–Kier alpha value is -3.37. The number of hydrogen-bond acceptors (Lipinski definition) is 7. The van der Waals surface area contributed by atoms with Crippen molar-refractivity contribution in [2.24, 2.45) is 7.05 Å². The number of aromatic nitrogens is 3. The number of ether oxygens (including phenoxy) is 2. The monoisotopic (exact) mass is 467 g/mol. The molecule has 2 amide bonds. The maximum atomic E-state index is 12.7. The van der Waals surface area contributed by atoms with Gasteiger partial charge in [0.1, 0.15) is 18.7 Å². The van der Waals surface area contributed by atoms with Crippen LogP contribution in [0.25, 0.3) is 0 Å². The predicted molar refractivity (Wildman–Crippen MR) is 126 cm³/mol. The SMILES string of the molecule is Cn1cnnc1SCC(=O)Nc1cccc(C(=O)Nc2ccc(OCC3CCCO3)cc2)c1. The van der Waals surface area contributed by atoms with Crippen molar-refractivity contribution < 1.29 is 19.1 Å². The van der Waals surface area contributed by atoms with Gasteiger partial charge in [0.15, 0.2) is 5.16 Å². The number of nitrogens with one attached hydrogen (secondary N) is 2. The highest BCUT2D eigenvalue weighted by molar-refractivity contribution is 7.99. The molecule has 2 heterocycles. The van der Waals surface area contributed by atoms with E-state index in [1.807, 2.05) is 19.2 Å².